The van der Waals surface area contributed by atoms with E-state index in [0.29, 0.717) is 6.54 Å². The van der Waals surface area contributed by atoms with Gasteiger partial charge in [-0.3, -0.25) is 0 Å². The Morgan fingerprint density at radius 3 is 2.00 bits per heavy atom. The Balaban J connectivity index is 1.61. The Hall–Kier alpha value is -2.99. The number of rotatable bonds is 7. The summed E-state index contributed by atoms with van der Waals surface area (Å²) >= 11 is 0. The number of nitrogens with one attached hydrogen (secondary N) is 1. The van der Waals surface area contributed by atoms with Crippen molar-refractivity contribution in [2.75, 3.05) is 12.4 Å². The molecule has 0 saturated carbocycles. The van der Waals surface area contributed by atoms with Gasteiger partial charge in [0.25, 0.3) is 0 Å². The molecule has 140 valence electrons. The van der Waals surface area contributed by atoms with E-state index < -0.39 is 10.1 Å². The molecule has 0 spiro atoms. The largest absolute Gasteiger partial charge is 0.497 e. The summed E-state index contributed by atoms with van der Waals surface area (Å²) < 4.78 is 35.0. The zero-order valence-electron chi connectivity index (χ0n) is 15.2. The first-order valence-corrected chi connectivity index (χ1v) is 9.85. The molecule has 0 bridgehead atoms. The lowest BCUT2D eigenvalue weighted by Gasteiger charge is -2.10. The predicted octanol–water partition coefficient (Wildman–Crippen LogP) is 4.38. The summed E-state index contributed by atoms with van der Waals surface area (Å²) in [6.07, 6.45) is 0. The molecular formula is C21H21NO4S. The van der Waals surface area contributed by atoms with Gasteiger partial charge in [-0.15, -0.1) is 0 Å². The smallest absolute Gasteiger partial charge is 0.339 e. The maximum atomic E-state index is 12.3. The number of anilines is 1. The van der Waals surface area contributed by atoms with Gasteiger partial charge in [-0.25, -0.2) is 0 Å². The Morgan fingerprint density at radius 1 is 0.815 bits per heavy atom. The van der Waals surface area contributed by atoms with Crippen molar-refractivity contribution in [2.45, 2.75) is 18.4 Å². The molecule has 3 aromatic rings. The van der Waals surface area contributed by atoms with E-state index >= 15 is 0 Å². The lowest BCUT2D eigenvalue weighted by molar-refractivity contribution is 0.415. The third-order valence-corrected chi connectivity index (χ3v) is 5.29. The van der Waals surface area contributed by atoms with Gasteiger partial charge in [-0.1, -0.05) is 29.8 Å². The molecular weight excluding hydrogens is 362 g/mol. The summed E-state index contributed by atoms with van der Waals surface area (Å²) in [5.74, 6) is 1.08. The molecule has 0 aromatic heterocycles. The van der Waals surface area contributed by atoms with Crippen LogP contribution in [0.2, 0.25) is 0 Å². The second-order valence-electron chi connectivity index (χ2n) is 6.08. The van der Waals surface area contributed by atoms with Crippen LogP contribution >= 0.6 is 0 Å². The van der Waals surface area contributed by atoms with E-state index in [1.54, 1.807) is 31.4 Å². The fourth-order valence-electron chi connectivity index (χ4n) is 2.46. The van der Waals surface area contributed by atoms with E-state index in [1.807, 2.05) is 43.3 Å². The van der Waals surface area contributed by atoms with Crippen molar-refractivity contribution >= 4 is 15.8 Å². The molecule has 5 nitrogen and oxygen atoms in total. The summed E-state index contributed by atoms with van der Waals surface area (Å²) in [5, 5.41) is 3.30. The Morgan fingerprint density at radius 2 is 1.41 bits per heavy atom. The summed E-state index contributed by atoms with van der Waals surface area (Å²) in [4.78, 5) is 0.137. The molecule has 0 atom stereocenters. The first-order chi connectivity index (χ1) is 13.0. The minimum atomic E-state index is -3.83. The summed E-state index contributed by atoms with van der Waals surface area (Å²) in [6.45, 7) is 2.51. The van der Waals surface area contributed by atoms with Gasteiger partial charge in [0.15, 0.2) is 0 Å². The van der Waals surface area contributed by atoms with Gasteiger partial charge in [-0.2, -0.15) is 8.42 Å². The van der Waals surface area contributed by atoms with Crippen molar-refractivity contribution in [3.63, 3.8) is 0 Å². The van der Waals surface area contributed by atoms with E-state index in [0.717, 1.165) is 22.6 Å². The quantitative estimate of drug-likeness (QED) is 0.613. The van der Waals surface area contributed by atoms with Crippen LogP contribution in [0.1, 0.15) is 11.1 Å². The van der Waals surface area contributed by atoms with Gasteiger partial charge in [0, 0.05) is 12.2 Å². The predicted molar refractivity (Wildman–Crippen MR) is 106 cm³/mol. The van der Waals surface area contributed by atoms with Crippen LogP contribution in [0.25, 0.3) is 0 Å². The number of aryl methyl sites for hydroxylation is 1. The summed E-state index contributed by atoms with van der Waals surface area (Å²) in [5.41, 5.74) is 2.96. The van der Waals surface area contributed by atoms with E-state index in [2.05, 4.69) is 5.32 Å². The normalized spacial score (nSPS) is 11.0. The number of hydrogen-bond donors (Lipinski definition) is 1. The van der Waals surface area contributed by atoms with Crippen LogP contribution in [0.5, 0.6) is 11.5 Å². The number of methoxy groups -OCH3 is 1. The highest BCUT2D eigenvalue weighted by Gasteiger charge is 2.16. The van der Waals surface area contributed by atoms with E-state index in [9.17, 15) is 8.42 Å². The molecule has 0 unspecified atom stereocenters. The molecule has 3 aromatic carbocycles. The molecule has 0 aliphatic rings. The average molecular weight is 383 g/mol. The summed E-state index contributed by atoms with van der Waals surface area (Å²) in [7, 11) is -2.20. The number of hydrogen-bond acceptors (Lipinski definition) is 5. The zero-order chi connectivity index (χ0) is 19.3. The molecule has 0 aliphatic carbocycles. The van der Waals surface area contributed by atoms with Gasteiger partial charge in [0.05, 0.1) is 7.11 Å². The fraction of sp³-hybridized carbons (Fsp3) is 0.143. The molecule has 0 saturated heterocycles. The highest BCUT2D eigenvalue weighted by molar-refractivity contribution is 7.87. The first-order valence-electron chi connectivity index (χ1n) is 8.44. The lowest BCUT2D eigenvalue weighted by atomic mass is 10.2. The van der Waals surface area contributed by atoms with Crippen LogP contribution in [0.15, 0.2) is 77.7 Å². The molecule has 27 heavy (non-hydrogen) atoms. The molecule has 1 N–H and O–H groups in total. The fourth-order valence-corrected chi connectivity index (χ4v) is 3.39. The van der Waals surface area contributed by atoms with Crippen LogP contribution in [0, 0.1) is 6.92 Å². The van der Waals surface area contributed by atoms with Crippen molar-refractivity contribution in [1.82, 2.24) is 0 Å². The lowest BCUT2D eigenvalue weighted by Crippen LogP contribution is -2.09. The molecule has 0 radical (unpaired) electrons. The zero-order valence-corrected chi connectivity index (χ0v) is 16.0. The van der Waals surface area contributed by atoms with Crippen LogP contribution in [-0.2, 0) is 16.7 Å². The monoisotopic (exact) mass is 383 g/mol. The topological polar surface area (TPSA) is 64.6 Å². The molecule has 0 aliphatic heterocycles. The average Bonchev–Trinajstić information content (AvgIpc) is 2.68. The van der Waals surface area contributed by atoms with Crippen LogP contribution in [0.3, 0.4) is 0 Å². The number of benzene rings is 3. The Bertz CT molecular complexity index is 980. The minimum Gasteiger partial charge on any atom is -0.497 e. The van der Waals surface area contributed by atoms with Gasteiger partial charge in [-0.05, 0) is 61.0 Å². The maximum absolute atomic E-state index is 12.3. The van der Waals surface area contributed by atoms with Crippen molar-refractivity contribution in [3.05, 3.63) is 83.9 Å². The third-order valence-electron chi connectivity index (χ3n) is 4.03. The Kier molecular flexibility index (Phi) is 5.66. The molecule has 3 rings (SSSR count). The molecule has 0 fully saturated rings. The van der Waals surface area contributed by atoms with Crippen LogP contribution < -0.4 is 14.2 Å². The number of ether oxygens (including phenoxy) is 1. The van der Waals surface area contributed by atoms with E-state index in [4.69, 9.17) is 8.92 Å². The third kappa shape index (κ3) is 5.01. The van der Waals surface area contributed by atoms with Crippen molar-refractivity contribution < 1.29 is 17.3 Å². The molecule has 6 heteroatoms. The highest BCUT2D eigenvalue weighted by Crippen LogP contribution is 2.20. The molecule has 0 heterocycles. The van der Waals surface area contributed by atoms with Crippen LogP contribution in [0.4, 0.5) is 5.69 Å². The van der Waals surface area contributed by atoms with Crippen LogP contribution in [-0.4, -0.2) is 15.5 Å². The second kappa shape index (κ2) is 8.14. The Labute approximate surface area is 159 Å². The van der Waals surface area contributed by atoms with Crippen molar-refractivity contribution in [3.8, 4) is 11.5 Å². The maximum Gasteiger partial charge on any atom is 0.339 e. The van der Waals surface area contributed by atoms with E-state index in [-0.39, 0.29) is 10.6 Å². The minimum absolute atomic E-state index is 0.137. The standard InChI is InChI=1S/C21H21NO4S/c1-16-3-13-21(14-4-16)27(23,24)26-20-9-5-17(6-10-20)15-22-18-7-11-19(25-2)12-8-18/h3-14,22H,15H2,1-2H3. The van der Waals surface area contributed by atoms with Gasteiger partial charge < -0.3 is 14.2 Å². The van der Waals surface area contributed by atoms with E-state index in [1.165, 1.54) is 12.1 Å². The highest BCUT2D eigenvalue weighted by atomic mass is 32.2. The van der Waals surface area contributed by atoms with Crippen molar-refractivity contribution in [1.29, 1.82) is 0 Å². The summed E-state index contributed by atoms with van der Waals surface area (Å²) in [6, 6.07) is 21.2. The van der Waals surface area contributed by atoms with Gasteiger partial charge in [0.1, 0.15) is 16.4 Å². The SMILES string of the molecule is COc1ccc(NCc2ccc(OS(=O)(=O)c3ccc(C)cc3)cc2)cc1. The van der Waals surface area contributed by atoms with Gasteiger partial charge >= 0.3 is 10.1 Å². The second-order valence-corrected chi connectivity index (χ2v) is 7.62. The van der Waals surface area contributed by atoms with Gasteiger partial charge in [0.2, 0.25) is 0 Å². The first kappa shape index (κ1) is 18.8. The molecule has 0 amide bonds. The van der Waals surface area contributed by atoms with Crippen molar-refractivity contribution in [2.24, 2.45) is 0 Å².